The quantitative estimate of drug-likeness (QED) is 0.835. The summed E-state index contributed by atoms with van der Waals surface area (Å²) in [5.74, 6) is 0.579. The number of nitrogens with one attached hydrogen (secondary N) is 1. The van der Waals surface area contributed by atoms with Crippen LogP contribution in [-0.4, -0.2) is 19.3 Å². The lowest BCUT2D eigenvalue weighted by Crippen LogP contribution is -2.41. The van der Waals surface area contributed by atoms with Gasteiger partial charge >= 0.3 is 0 Å². The lowest BCUT2D eigenvalue weighted by molar-refractivity contribution is -0.0978. The summed E-state index contributed by atoms with van der Waals surface area (Å²) in [5, 5.41) is 3.46. The van der Waals surface area contributed by atoms with Crippen LogP contribution < -0.4 is 5.32 Å². The molecule has 3 rings (SSSR count). The molecule has 0 amide bonds. The fraction of sp³-hybridized carbons (Fsp3) is 0.733. The molecule has 1 aliphatic carbocycles. The number of hydrogen-bond acceptors (Lipinski definition) is 3. The average Bonchev–Trinajstić information content (AvgIpc) is 2.99. The Balaban J connectivity index is 1.80. The highest BCUT2D eigenvalue weighted by atomic mass is 35.5. The standard InChI is InChI=1S/C15H21Cl2NOS/c1-18-13(11-8-12(16)20-14(11)17)10-4-7-19-15(9-10)5-2-3-6-15/h8,10,13,18H,2-7,9H2,1H3. The van der Waals surface area contributed by atoms with E-state index in [0.717, 1.165) is 33.7 Å². The minimum absolute atomic E-state index is 0.143. The second-order valence-corrected chi connectivity index (χ2v) is 8.32. The van der Waals surface area contributed by atoms with Crippen LogP contribution in [0.4, 0.5) is 0 Å². The molecule has 20 heavy (non-hydrogen) atoms. The van der Waals surface area contributed by atoms with Crippen LogP contribution in [0.1, 0.15) is 50.1 Å². The summed E-state index contributed by atoms with van der Waals surface area (Å²) in [6.45, 7) is 0.873. The highest BCUT2D eigenvalue weighted by Crippen LogP contribution is 2.47. The molecule has 1 aromatic rings. The highest BCUT2D eigenvalue weighted by Gasteiger charge is 2.42. The van der Waals surface area contributed by atoms with Crippen LogP contribution >= 0.6 is 34.5 Å². The van der Waals surface area contributed by atoms with Gasteiger partial charge in [-0.25, -0.2) is 0 Å². The molecule has 2 heterocycles. The van der Waals surface area contributed by atoms with Gasteiger partial charge in [0, 0.05) is 18.2 Å². The van der Waals surface area contributed by atoms with Gasteiger partial charge in [0.05, 0.1) is 14.3 Å². The van der Waals surface area contributed by atoms with Gasteiger partial charge in [-0.2, -0.15) is 0 Å². The molecular formula is C15H21Cl2NOS. The van der Waals surface area contributed by atoms with Gasteiger partial charge in [0.2, 0.25) is 0 Å². The second kappa shape index (κ2) is 6.13. The van der Waals surface area contributed by atoms with Gasteiger partial charge in [0.15, 0.2) is 0 Å². The molecule has 2 aliphatic rings. The topological polar surface area (TPSA) is 21.3 Å². The first-order valence-corrected chi connectivity index (χ1v) is 8.97. The molecule has 0 aromatic carbocycles. The molecule has 1 saturated carbocycles. The molecule has 112 valence electrons. The third kappa shape index (κ3) is 2.89. The Kier molecular flexibility index (Phi) is 4.63. The summed E-state index contributed by atoms with van der Waals surface area (Å²) < 4.78 is 7.73. The minimum Gasteiger partial charge on any atom is -0.375 e. The van der Waals surface area contributed by atoms with Gasteiger partial charge in [-0.05, 0) is 44.7 Å². The molecule has 2 nitrogen and oxygen atoms in total. The summed E-state index contributed by atoms with van der Waals surface area (Å²) >= 11 is 13.9. The zero-order valence-corrected chi connectivity index (χ0v) is 14.1. The van der Waals surface area contributed by atoms with Crippen molar-refractivity contribution in [3.05, 3.63) is 20.3 Å². The summed E-state index contributed by atoms with van der Waals surface area (Å²) in [6.07, 6.45) is 7.29. The maximum absolute atomic E-state index is 6.35. The van der Waals surface area contributed by atoms with Crippen molar-refractivity contribution in [3.63, 3.8) is 0 Å². The number of hydrogen-bond donors (Lipinski definition) is 1. The van der Waals surface area contributed by atoms with Crippen molar-refractivity contribution >= 4 is 34.5 Å². The molecule has 2 unspecified atom stereocenters. The van der Waals surface area contributed by atoms with E-state index in [1.165, 1.54) is 37.0 Å². The minimum atomic E-state index is 0.143. The first-order chi connectivity index (χ1) is 9.63. The Hall–Kier alpha value is 0.200. The second-order valence-electron chi connectivity index (χ2n) is 6.04. The number of halogens is 2. The molecule has 1 aliphatic heterocycles. The van der Waals surface area contributed by atoms with Crippen LogP contribution in [0.15, 0.2) is 6.07 Å². The first kappa shape index (κ1) is 15.1. The zero-order chi connectivity index (χ0) is 14.2. The summed E-state index contributed by atoms with van der Waals surface area (Å²) in [7, 11) is 2.02. The zero-order valence-electron chi connectivity index (χ0n) is 11.8. The van der Waals surface area contributed by atoms with E-state index in [2.05, 4.69) is 5.32 Å². The van der Waals surface area contributed by atoms with Gasteiger partial charge in [0.1, 0.15) is 0 Å². The highest BCUT2D eigenvalue weighted by molar-refractivity contribution is 7.20. The number of thiophene rings is 1. The van der Waals surface area contributed by atoms with Crippen molar-refractivity contribution in [2.45, 2.75) is 50.2 Å². The van der Waals surface area contributed by atoms with Gasteiger partial charge in [-0.3, -0.25) is 0 Å². The van der Waals surface area contributed by atoms with E-state index in [1.807, 2.05) is 13.1 Å². The van der Waals surface area contributed by atoms with Gasteiger partial charge in [0.25, 0.3) is 0 Å². The van der Waals surface area contributed by atoms with E-state index in [-0.39, 0.29) is 11.6 Å². The number of rotatable bonds is 3. The SMILES string of the molecule is CNC(c1cc(Cl)sc1Cl)C1CCOC2(CCCC2)C1. The van der Waals surface area contributed by atoms with E-state index in [0.29, 0.717) is 5.92 Å². The van der Waals surface area contributed by atoms with Gasteiger partial charge in [-0.1, -0.05) is 36.0 Å². The third-order valence-corrected chi connectivity index (χ3v) is 6.36. The monoisotopic (exact) mass is 333 g/mol. The largest absolute Gasteiger partial charge is 0.375 e. The van der Waals surface area contributed by atoms with Crippen molar-refractivity contribution in [2.24, 2.45) is 5.92 Å². The average molecular weight is 334 g/mol. The molecule has 1 N–H and O–H groups in total. The third-order valence-electron chi connectivity index (χ3n) is 4.85. The Morgan fingerprint density at radius 1 is 1.40 bits per heavy atom. The molecule has 2 fully saturated rings. The lowest BCUT2D eigenvalue weighted by Gasteiger charge is -2.41. The fourth-order valence-electron chi connectivity index (χ4n) is 3.93. The van der Waals surface area contributed by atoms with Crippen LogP contribution in [0, 0.1) is 5.92 Å². The molecular weight excluding hydrogens is 313 g/mol. The van der Waals surface area contributed by atoms with Crippen LogP contribution in [-0.2, 0) is 4.74 Å². The molecule has 1 spiro atoms. The summed E-state index contributed by atoms with van der Waals surface area (Å²) in [6, 6.07) is 2.31. The molecule has 1 saturated heterocycles. The summed E-state index contributed by atoms with van der Waals surface area (Å²) in [5.41, 5.74) is 1.30. The molecule has 1 aromatic heterocycles. The van der Waals surface area contributed by atoms with E-state index in [4.69, 9.17) is 27.9 Å². The lowest BCUT2D eigenvalue weighted by atomic mass is 9.79. The Morgan fingerprint density at radius 3 is 2.75 bits per heavy atom. The predicted molar refractivity (Wildman–Crippen MR) is 86.0 cm³/mol. The number of ether oxygens (including phenoxy) is 1. The smallest absolute Gasteiger partial charge is 0.0992 e. The van der Waals surface area contributed by atoms with Crippen molar-refractivity contribution in [1.29, 1.82) is 0 Å². The molecule has 0 bridgehead atoms. The van der Waals surface area contributed by atoms with Gasteiger partial charge < -0.3 is 10.1 Å². The predicted octanol–water partition coefficient (Wildman–Crippen LogP) is 5.05. The molecule has 5 heteroatoms. The normalized spacial score (nSPS) is 27.1. The van der Waals surface area contributed by atoms with Crippen molar-refractivity contribution in [2.75, 3.05) is 13.7 Å². The fourth-order valence-corrected chi connectivity index (χ4v) is 5.48. The molecule has 0 radical (unpaired) electrons. The van der Waals surface area contributed by atoms with E-state index >= 15 is 0 Å². The van der Waals surface area contributed by atoms with E-state index in [9.17, 15) is 0 Å². The van der Waals surface area contributed by atoms with Crippen LogP contribution in [0.3, 0.4) is 0 Å². The van der Waals surface area contributed by atoms with E-state index < -0.39 is 0 Å². The first-order valence-electron chi connectivity index (χ1n) is 7.39. The van der Waals surface area contributed by atoms with Crippen LogP contribution in [0.5, 0.6) is 0 Å². The maximum Gasteiger partial charge on any atom is 0.0992 e. The molecule has 2 atom stereocenters. The van der Waals surface area contributed by atoms with Crippen LogP contribution in [0.2, 0.25) is 8.67 Å². The Bertz CT molecular complexity index is 470. The van der Waals surface area contributed by atoms with Crippen molar-refractivity contribution < 1.29 is 4.74 Å². The van der Waals surface area contributed by atoms with E-state index in [1.54, 1.807) is 0 Å². The Morgan fingerprint density at radius 2 is 2.15 bits per heavy atom. The van der Waals surface area contributed by atoms with Gasteiger partial charge in [-0.15, -0.1) is 11.3 Å². The Labute approximate surface area is 134 Å². The van der Waals surface area contributed by atoms with Crippen molar-refractivity contribution in [1.82, 2.24) is 5.32 Å². The summed E-state index contributed by atoms with van der Waals surface area (Å²) in [4.78, 5) is 0. The van der Waals surface area contributed by atoms with Crippen LogP contribution in [0.25, 0.3) is 0 Å². The maximum atomic E-state index is 6.35. The van der Waals surface area contributed by atoms with Crippen molar-refractivity contribution in [3.8, 4) is 0 Å².